The Morgan fingerprint density at radius 3 is 2.67 bits per heavy atom. The summed E-state index contributed by atoms with van der Waals surface area (Å²) in [6.07, 6.45) is 1.07. The summed E-state index contributed by atoms with van der Waals surface area (Å²) in [5.41, 5.74) is 3.62. The van der Waals surface area contributed by atoms with Gasteiger partial charge in [0.2, 0.25) is 0 Å². The molecule has 0 amide bonds. The van der Waals surface area contributed by atoms with Gasteiger partial charge in [-0.15, -0.1) is 0 Å². The van der Waals surface area contributed by atoms with Gasteiger partial charge in [0.05, 0.1) is 17.6 Å². The highest BCUT2D eigenvalue weighted by molar-refractivity contribution is 9.10. The van der Waals surface area contributed by atoms with Crippen LogP contribution < -0.4 is 10.1 Å². The van der Waals surface area contributed by atoms with Crippen molar-refractivity contribution in [3.8, 4) is 5.75 Å². The first-order valence-corrected chi connectivity index (χ1v) is 8.98. The van der Waals surface area contributed by atoms with Gasteiger partial charge in [-0.25, -0.2) is 0 Å². The molecule has 0 spiro atoms. The minimum Gasteiger partial charge on any atom is -0.495 e. The fourth-order valence-corrected chi connectivity index (χ4v) is 4.22. The van der Waals surface area contributed by atoms with Crippen LogP contribution in [0.25, 0.3) is 0 Å². The van der Waals surface area contributed by atoms with E-state index in [0.717, 1.165) is 28.8 Å². The number of aryl methyl sites for hydroxylation is 1. The Kier molecular flexibility index (Phi) is 6.11. The van der Waals surface area contributed by atoms with Crippen molar-refractivity contribution in [2.45, 2.75) is 26.3 Å². The zero-order valence-corrected chi connectivity index (χ0v) is 15.5. The smallest absolute Gasteiger partial charge is 0.138 e. The Hall–Kier alpha value is -0.550. The summed E-state index contributed by atoms with van der Waals surface area (Å²) in [7, 11) is 1.69. The van der Waals surface area contributed by atoms with Crippen molar-refractivity contribution in [2.75, 3.05) is 13.7 Å². The van der Waals surface area contributed by atoms with Gasteiger partial charge in [-0.05, 0) is 69.8 Å². The molecule has 0 fully saturated rings. The molecule has 114 valence electrons. The molecule has 0 saturated carbocycles. The van der Waals surface area contributed by atoms with Crippen LogP contribution in [0.5, 0.6) is 5.75 Å². The second-order valence-electron chi connectivity index (χ2n) is 4.91. The van der Waals surface area contributed by atoms with E-state index in [9.17, 15) is 0 Å². The number of hydrogen-bond acceptors (Lipinski definition) is 3. The predicted octanol–water partition coefficient (Wildman–Crippen LogP) is 5.57. The first-order valence-electron chi connectivity index (χ1n) is 6.87. The van der Waals surface area contributed by atoms with Crippen LogP contribution in [0.3, 0.4) is 0 Å². The normalized spacial score (nSPS) is 12.4. The van der Waals surface area contributed by atoms with Crippen LogP contribution in [-0.2, 0) is 0 Å². The highest BCUT2D eigenvalue weighted by Gasteiger charge is 2.22. The number of methoxy groups -OCH3 is 1. The molecule has 5 heteroatoms. The molecule has 1 N–H and O–H groups in total. The highest BCUT2D eigenvalue weighted by atomic mass is 79.9. The van der Waals surface area contributed by atoms with Crippen molar-refractivity contribution >= 4 is 38.9 Å². The molecule has 2 rings (SSSR count). The molecule has 1 heterocycles. The lowest BCUT2D eigenvalue weighted by Crippen LogP contribution is -2.24. The van der Waals surface area contributed by atoms with Crippen molar-refractivity contribution in [1.29, 1.82) is 0 Å². The number of benzene rings is 1. The molecule has 0 aliphatic carbocycles. The molecule has 0 radical (unpaired) electrons. The second-order valence-corrected chi connectivity index (χ2v) is 6.94. The average Bonchev–Trinajstić information content (AvgIpc) is 2.85. The lowest BCUT2D eigenvalue weighted by Gasteiger charge is -2.22. The van der Waals surface area contributed by atoms with E-state index >= 15 is 0 Å². The fourth-order valence-electron chi connectivity index (χ4n) is 2.35. The number of halogens is 2. The Balaban J connectivity index is 2.53. The number of ether oxygens (including phenoxy) is 1. The molecular weight excluding hydrogens is 370 g/mol. The van der Waals surface area contributed by atoms with Crippen LogP contribution in [0.1, 0.15) is 36.1 Å². The first-order chi connectivity index (χ1) is 10.1. The highest BCUT2D eigenvalue weighted by Crippen LogP contribution is 2.39. The summed E-state index contributed by atoms with van der Waals surface area (Å²) >= 11 is 11.5. The maximum atomic E-state index is 6.25. The summed E-state index contributed by atoms with van der Waals surface area (Å²) in [6, 6.07) is 3.93. The predicted molar refractivity (Wildman–Crippen MR) is 94.9 cm³/mol. The van der Waals surface area contributed by atoms with Crippen molar-refractivity contribution in [1.82, 2.24) is 5.32 Å². The van der Waals surface area contributed by atoms with Gasteiger partial charge in [0, 0.05) is 10.6 Å². The molecule has 2 aromatic rings. The molecule has 1 aromatic carbocycles. The molecule has 2 nitrogen and oxygen atoms in total. The van der Waals surface area contributed by atoms with Gasteiger partial charge < -0.3 is 10.1 Å². The Morgan fingerprint density at radius 2 is 2.10 bits per heavy atom. The molecule has 1 unspecified atom stereocenters. The van der Waals surface area contributed by atoms with Gasteiger partial charge in [-0.3, -0.25) is 0 Å². The quantitative estimate of drug-likeness (QED) is 0.698. The van der Waals surface area contributed by atoms with E-state index < -0.39 is 0 Å². The SMILES string of the molecule is CCCNC(c1cscc1C)c1cc(Cl)cc(Br)c1OC. The zero-order valence-electron chi connectivity index (χ0n) is 12.4. The van der Waals surface area contributed by atoms with Gasteiger partial charge in [0.15, 0.2) is 0 Å². The molecular formula is C16H19BrClNOS. The maximum absolute atomic E-state index is 6.25. The van der Waals surface area contributed by atoms with Gasteiger partial charge in [-0.1, -0.05) is 18.5 Å². The van der Waals surface area contributed by atoms with E-state index in [0.29, 0.717) is 5.02 Å². The molecule has 21 heavy (non-hydrogen) atoms. The summed E-state index contributed by atoms with van der Waals surface area (Å²) in [5, 5.41) is 8.67. The van der Waals surface area contributed by atoms with Gasteiger partial charge >= 0.3 is 0 Å². The minimum atomic E-state index is 0.0844. The van der Waals surface area contributed by atoms with Crippen LogP contribution in [0.2, 0.25) is 5.02 Å². The molecule has 0 saturated heterocycles. The summed E-state index contributed by atoms with van der Waals surface area (Å²) in [6.45, 7) is 5.24. The fraction of sp³-hybridized carbons (Fsp3) is 0.375. The molecule has 1 atom stereocenters. The number of rotatable bonds is 6. The van der Waals surface area contributed by atoms with Crippen molar-refractivity contribution in [3.63, 3.8) is 0 Å². The Morgan fingerprint density at radius 1 is 1.33 bits per heavy atom. The Bertz CT molecular complexity index is 614. The van der Waals surface area contributed by atoms with Crippen LogP contribution in [0, 0.1) is 6.92 Å². The topological polar surface area (TPSA) is 21.3 Å². The van der Waals surface area contributed by atoms with Gasteiger partial charge in [-0.2, -0.15) is 11.3 Å². The number of hydrogen-bond donors (Lipinski definition) is 1. The van der Waals surface area contributed by atoms with E-state index in [4.69, 9.17) is 16.3 Å². The van der Waals surface area contributed by atoms with E-state index in [1.807, 2.05) is 12.1 Å². The lowest BCUT2D eigenvalue weighted by molar-refractivity contribution is 0.401. The first kappa shape index (κ1) is 16.8. The van der Waals surface area contributed by atoms with Crippen LogP contribution in [-0.4, -0.2) is 13.7 Å². The third kappa shape index (κ3) is 3.81. The molecule has 0 bridgehead atoms. The number of thiophene rings is 1. The van der Waals surface area contributed by atoms with Crippen LogP contribution >= 0.6 is 38.9 Å². The third-order valence-corrected chi connectivity index (χ3v) is 5.04. The van der Waals surface area contributed by atoms with Crippen LogP contribution in [0.15, 0.2) is 27.4 Å². The summed E-state index contributed by atoms with van der Waals surface area (Å²) in [5.74, 6) is 0.832. The number of nitrogens with one attached hydrogen (secondary N) is 1. The lowest BCUT2D eigenvalue weighted by atomic mass is 9.97. The second kappa shape index (κ2) is 7.63. The van der Waals surface area contributed by atoms with Crippen LogP contribution in [0.4, 0.5) is 0 Å². The van der Waals surface area contributed by atoms with Gasteiger partial charge in [0.25, 0.3) is 0 Å². The molecule has 0 aliphatic heterocycles. The van der Waals surface area contributed by atoms with E-state index in [1.54, 1.807) is 18.4 Å². The molecule has 1 aromatic heterocycles. The minimum absolute atomic E-state index is 0.0844. The monoisotopic (exact) mass is 387 g/mol. The summed E-state index contributed by atoms with van der Waals surface area (Å²) < 4.78 is 6.47. The standard InChI is InChI=1S/C16H19BrClNOS/c1-4-5-19-15(13-9-21-8-10(13)2)12-6-11(18)7-14(17)16(12)20-3/h6-9,15,19H,4-5H2,1-3H3. The summed E-state index contributed by atoms with van der Waals surface area (Å²) in [4.78, 5) is 0. The maximum Gasteiger partial charge on any atom is 0.138 e. The van der Waals surface area contributed by atoms with Gasteiger partial charge in [0.1, 0.15) is 5.75 Å². The van der Waals surface area contributed by atoms with Crippen molar-refractivity contribution < 1.29 is 4.74 Å². The zero-order chi connectivity index (χ0) is 15.4. The third-order valence-electron chi connectivity index (χ3n) is 3.36. The van der Waals surface area contributed by atoms with E-state index in [2.05, 4.69) is 45.9 Å². The van der Waals surface area contributed by atoms with E-state index in [-0.39, 0.29) is 6.04 Å². The van der Waals surface area contributed by atoms with Crippen molar-refractivity contribution in [2.24, 2.45) is 0 Å². The Labute approximate surface area is 143 Å². The largest absolute Gasteiger partial charge is 0.495 e. The average molecular weight is 389 g/mol. The van der Waals surface area contributed by atoms with E-state index in [1.165, 1.54) is 11.1 Å². The van der Waals surface area contributed by atoms with Crippen molar-refractivity contribution in [3.05, 3.63) is 49.1 Å². The molecule has 0 aliphatic rings.